The van der Waals surface area contributed by atoms with Crippen LogP contribution in [0.2, 0.25) is 0 Å². The Balaban J connectivity index is 2.01. The maximum atomic E-state index is 10.8. The number of benzene rings is 1. The van der Waals surface area contributed by atoms with Crippen molar-refractivity contribution in [1.29, 1.82) is 0 Å². The second-order valence-corrected chi connectivity index (χ2v) is 6.03. The van der Waals surface area contributed by atoms with Gasteiger partial charge in [0.2, 0.25) is 0 Å². The topological polar surface area (TPSA) is 76.3 Å². The summed E-state index contributed by atoms with van der Waals surface area (Å²) in [6, 6.07) is 5.03. The third-order valence-electron chi connectivity index (χ3n) is 3.56. The van der Waals surface area contributed by atoms with E-state index in [-0.39, 0.29) is 10.6 Å². The van der Waals surface area contributed by atoms with Gasteiger partial charge in [0.05, 0.1) is 21.6 Å². The van der Waals surface area contributed by atoms with Crippen molar-refractivity contribution in [2.45, 2.75) is 32.3 Å². The van der Waals surface area contributed by atoms with Crippen LogP contribution in [-0.2, 0) is 6.42 Å². The highest BCUT2D eigenvalue weighted by Crippen LogP contribution is 2.38. The Hall–Kier alpha value is -1.79. The van der Waals surface area contributed by atoms with Crippen molar-refractivity contribution in [3.63, 3.8) is 0 Å². The fourth-order valence-corrected chi connectivity index (χ4v) is 3.64. The molecule has 2 aromatic rings. The number of nitrogens with zero attached hydrogens (tertiary/aromatic N) is 2. The Morgan fingerprint density at radius 1 is 1.50 bits per heavy atom. The van der Waals surface area contributed by atoms with Crippen LogP contribution in [0.25, 0.3) is 10.6 Å². The molecule has 1 aromatic carbocycles. The van der Waals surface area contributed by atoms with Crippen LogP contribution in [0, 0.1) is 17.0 Å². The van der Waals surface area contributed by atoms with E-state index < -0.39 is 6.10 Å². The highest BCUT2D eigenvalue weighted by molar-refractivity contribution is 7.15. The van der Waals surface area contributed by atoms with Crippen LogP contribution >= 0.6 is 11.3 Å². The summed E-state index contributed by atoms with van der Waals surface area (Å²) in [5, 5.41) is 21.6. The molecule has 0 spiro atoms. The highest BCUT2D eigenvalue weighted by atomic mass is 32.1. The number of hydrogen-bond donors (Lipinski definition) is 1. The van der Waals surface area contributed by atoms with Crippen LogP contribution in [0.1, 0.15) is 35.1 Å². The van der Waals surface area contributed by atoms with Gasteiger partial charge in [-0.2, -0.15) is 0 Å². The first-order chi connectivity index (χ1) is 9.56. The van der Waals surface area contributed by atoms with Crippen LogP contribution in [0.5, 0.6) is 0 Å². The number of rotatable bonds is 2. The average Bonchev–Trinajstić information content (AvgIpc) is 2.83. The van der Waals surface area contributed by atoms with Crippen LogP contribution in [-0.4, -0.2) is 15.0 Å². The second-order valence-electron chi connectivity index (χ2n) is 5.00. The SMILES string of the molecule is Cc1cc(-c2nc3c(s2)C(O)CCC3)ccc1[N+](=O)[O-]. The van der Waals surface area contributed by atoms with Gasteiger partial charge in [-0.25, -0.2) is 4.98 Å². The molecule has 1 heterocycles. The van der Waals surface area contributed by atoms with Gasteiger partial charge in [0.15, 0.2) is 0 Å². The van der Waals surface area contributed by atoms with E-state index >= 15 is 0 Å². The molecular weight excluding hydrogens is 276 g/mol. The minimum absolute atomic E-state index is 0.120. The zero-order valence-corrected chi connectivity index (χ0v) is 11.8. The number of nitro groups is 1. The van der Waals surface area contributed by atoms with Gasteiger partial charge < -0.3 is 5.11 Å². The van der Waals surface area contributed by atoms with E-state index in [9.17, 15) is 15.2 Å². The van der Waals surface area contributed by atoms with Crippen molar-refractivity contribution in [3.05, 3.63) is 44.4 Å². The molecule has 1 aliphatic carbocycles. The molecule has 6 heteroatoms. The normalized spacial score (nSPS) is 17.8. The number of aryl methyl sites for hydroxylation is 2. The van der Waals surface area contributed by atoms with Gasteiger partial charge in [0, 0.05) is 17.2 Å². The molecule has 1 unspecified atom stereocenters. The number of aromatic nitrogens is 1. The monoisotopic (exact) mass is 290 g/mol. The Kier molecular flexibility index (Phi) is 3.27. The minimum atomic E-state index is -0.413. The Labute approximate surface area is 120 Å². The number of fused-ring (bicyclic) bond motifs is 1. The van der Waals surface area contributed by atoms with Crippen molar-refractivity contribution in [1.82, 2.24) is 4.98 Å². The van der Waals surface area contributed by atoms with Gasteiger partial charge in [-0.1, -0.05) is 0 Å². The first-order valence-electron chi connectivity index (χ1n) is 6.49. The number of thiazole rings is 1. The summed E-state index contributed by atoms with van der Waals surface area (Å²) in [6.07, 6.45) is 2.23. The van der Waals surface area contributed by atoms with E-state index in [1.54, 1.807) is 19.1 Å². The maximum absolute atomic E-state index is 10.8. The lowest BCUT2D eigenvalue weighted by Gasteiger charge is -2.14. The molecule has 1 N–H and O–H groups in total. The van der Waals surface area contributed by atoms with E-state index in [1.807, 2.05) is 0 Å². The fraction of sp³-hybridized carbons (Fsp3) is 0.357. The predicted molar refractivity (Wildman–Crippen MR) is 76.8 cm³/mol. The molecule has 0 saturated heterocycles. The van der Waals surface area contributed by atoms with Gasteiger partial charge in [-0.3, -0.25) is 10.1 Å². The van der Waals surface area contributed by atoms with E-state index in [1.165, 1.54) is 17.4 Å². The third-order valence-corrected chi connectivity index (χ3v) is 4.81. The molecule has 0 fully saturated rings. The molecule has 20 heavy (non-hydrogen) atoms. The van der Waals surface area contributed by atoms with Crippen molar-refractivity contribution < 1.29 is 10.0 Å². The molecule has 1 aromatic heterocycles. The number of aliphatic hydroxyl groups is 1. The number of nitro benzene ring substituents is 1. The standard InChI is InChI=1S/C14H14N2O3S/c1-8-7-9(5-6-11(8)16(18)19)14-15-10-3-2-4-12(17)13(10)20-14/h5-7,12,17H,2-4H2,1H3. The van der Waals surface area contributed by atoms with Crippen LogP contribution in [0.3, 0.4) is 0 Å². The fourth-order valence-electron chi connectivity index (χ4n) is 2.51. The highest BCUT2D eigenvalue weighted by Gasteiger charge is 2.23. The summed E-state index contributed by atoms with van der Waals surface area (Å²) in [5.41, 5.74) is 2.59. The van der Waals surface area contributed by atoms with E-state index in [4.69, 9.17) is 0 Å². The van der Waals surface area contributed by atoms with E-state index in [2.05, 4.69) is 4.98 Å². The number of aliphatic hydroxyl groups excluding tert-OH is 1. The molecule has 1 aliphatic rings. The first-order valence-corrected chi connectivity index (χ1v) is 7.31. The van der Waals surface area contributed by atoms with Gasteiger partial charge in [0.25, 0.3) is 5.69 Å². The Bertz CT molecular complexity index is 681. The third kappa shape index (κ3) is 2.21. The quantitative estimate of drug-likeness (QED) is 0.679. The van der Waals surface area contributed by atoms with E-state index in [0.717, 1.165) is 40.4 Å². The lowest BCUT2D eigenvalue weighted by atomic mass is 10.0. The van der Waals surface area contributed by atoms with Gasteiger partial charge >= 0.3 is 0 Å². The van der Waals surface area contributed by atoms with Gasteiger partial charge in [-0.05, 0) is 38.3 Å². The summed E-state index contributed by atoms with van der Waals surface area (Å²) in [5.74, 6) is 0. The maximum Gasteiger partial charge on any atom is 0.272 e. The van der Waals surface area contributed by atoms with E-state index in [0.29, 0.717) is 5.56 Å². The minimum Gasteiger partial charge on any atom is -0.388 e. The molecule has 0 bridgehead atoms. The van der Waals surface area contributed by atoms with Gasteiger partial charge in [0.1, 0.15) is 5.01 Å². The number of hydrogen-bond acceptors (Lipinski definition) is 5. The molecule has 5 nitrogen and oxygen atoms in total. The Morgan fingerprint density at radius 3 is 2.95 bits per heavy atom. The molecule has 104 valence electrons. The second kappa shape index (κ2) is 4.96. The van der Waals surface area contributed by atoms with Crippen LogP contribution < -0.4 is 0 Å². The molecular formula is C14H14N2O3S. The summed E-state index contributed by atoms with van der Waals surface area (Å²) in [4.78, 5) is 16.0. The van der Waals surface area contributed by atoms with Crippen molar-refractivity contribution in [2.24, 2.45) is 0 Å². The zero-order valence-electron chi connectivity index (χ0n) is 11.0. The lowest BCUT2D eigenvalue weighted by molar-refractivity contribution is -0.385. The van der Waals surface area contributed by atoms with Gasteiger partial charge in [-0.15, -0.1) is 11.3 Å². The van der Waals surface area contributed by atoms with Crippen molar-refractivity contribution >= 4 is 17.0 Å². The van der Waals surface area contributed by atoms with Crippen LogP contribution in [0.4, 0.5) is 5.69 Å². The lowest BCUT2D eigenvalue weighted by Crippen LogP contribution is -2.06. The summed E-state index contributed by atoms with van der Waals surface area (Å²) < 4.78 is 0. The van der Waals surface area contributed by atoms with Crippen molar-refractivity contribution in [2.75, 3.05) is 0 Å². The molecule has 0 radical (unpaired) electrons. The largest absolute Gasteiger partial charge is 0.388 e. The average molecular weight is 290 g/mol. The predicted octanol–water partition coefficient (Wildman–Crippen LogP) is 3.40. The summed E-state index contributed by atoms with van der Waals surface area (Å²) in [7, 11) is 0. The molecule has 0 aliphatic heterocycles. The first kappa shape index (κ1) is 13.2. The smallest absolute Gasteiger partial charge is 0.272 e. The molecule has 0 amide bonds. The summed E-state index contributed by atoms with van der Waals surface area (Å²) in [6.45, 7) is 1.73. The summed E-state index contributed by atoms with van der Waals surface area (Å²) >= 11 is 1.49. The van der Waals surface area contributed by atoms with Crippen molar-refractivity contribution in [3.8, 4) is 10.6 Å². The molecule has 3 rings (SSSR count). The zero-order chi connectivity index (χ0) is 14.3. The molecule has 1 atom stereocenters. The van der Waals surface area contributed by atoms with Crippen LogP contribution in [0.15, 0.2) is 18.2 Å². The molecule has 0 saturated carbocycles. The Morgan fingerprint density at radius 2 is 2.30 bits per heavy atom.